The second kappa shape index (κ2) is 11.2. The number of aromatic nitrogens is 1. The summed E-state index contributed by atoms with van der Waals surface area (Å²) in [5, 5.41) is 9.69. The Bertz CT molecular complexity index is 1640. The van der Waals surface area contributed by atoms with E-state index < -0.39 is 0 Å². The summed E-state index contributed by atoms with van der Waals surface area (Å²) in [6.07, 6.45) is 5.07. The van der Waals surface area contributed by atoms with Gasteiger partial charge in [-0.25, -0.2) is 9.78 Å². The molecule has 4 amide bonds. The van der Waals surface area contributed by atoms with E-state index in [4.69, 9.17) is 10.5 Å². The fraction of sp³-hybridized carbons (Fsp3) is 0.267. The molecule has 210 valence electrons. The van der Waals surface area contributed by atoms with Crippen LogP contribution in [0.1, 0.15) is 40.9 Å². The molecule has 1 saturated carbocycles. The third-order valence-corrected chi connectivity index (χ3v) is 8.55. The van der Waals surface area contributed by atoms with Crippen LogP contribution in [0.15, 0.2) is 60.8 Å². The normalized spacial score (nSPS) is 18.1. The maximum absolute atomic E-state index is 13.6. The van der Waals surface area contributed by atoms with Crippen LogP contribution in [0.25, 0.3) is 10.2 Å². The SMILES string of the molecule is Cc1cc(Oc2ccccc2)ccc1N1C(=O)Nc2c(C(=O)N[C@@H]3CCCC[C@H]3NC(=O)CN)sc3nccc1c23. The van der Waals surface area contributed by atoms with E-state index >= 15 is 0 Å². The van der Waals surface area contributed by atoms with E-state index in [-0.39, 0.29) is 36.5 Å². The number of ether oxygens (including phenoxy) is 1. The standard InChI is InChI=1S/C30H30N6O4S/c1-17-15-19(40-18-7-3-2-4-8-18)11-12-22(17)36-23-13-14-32-29-25(23)26(35-30(36)39)27(41-29)28(38)34-21-10-6-5-9-20(21)33-24(37)16-31/h2-4,7-8,11-15,20-21H,5-6,9-10,16,31H2,1H3,(H,33,37)(H,34,38)(H,35,39)/t20-,21-/m1/s1. The summed E-state index contributed by atoms with van der Waals surface area (Å²) >= 11 is 1.23. The molecule has 1 aliphatic carbocycles. The molecular formula is C30H30N6O4S. The molecule has 0 radical (unpaired) electrons. The van der Waals surface area contributed by atoms with Gasteiger partial charge in [0.2, 0.25) is 5.91 Å². The van der Waals surface area contributed by atoms with E-state index in [9.17, 15) is 14.4 Å². The molecule has 2 atom stereocenters. The van der Waals surface area contributed by atoms with Crippen molar-refractivity contribution < 1.29 is 19.1 Å². The Morgan fingerprint density at radius 2 is 1.80 bits per heavy atom. The lowest BCUT2D eigenvalue weighted by molar-refractivity contribution is -0.120. The highest BCUT2D eigenvalue weighted by atomic mass is 32.1. The Morgan fingerprint density at radius 3 is 2.54 bits per heavy atom. The number of carbonyl (C=O) groups is 3. The molecule has 3 heterocycles. The van der Waals surface area contributed by atoms with Crippen molar-refractivity contribution in [3.8, 4) is 11.5 Å². The number of anilines is 3. The largest absolute Gasteiger partial charge is 0.457 e. The smallest absolute Gasteiger partial charge is 0.331 e. The van der Waals surface area contributed by atoms with Gasteiger partial charge in [-0.1, -0.05) is 31.0 Å². The Hall–Kier alpha value is -4.48. The first kappa shape index (κ1) is 26.7. The maximum atomic E-state index is 13.6. The van der Waals surface area contributed by atoms with Crippen LogP contribution in [-0.4, -0.2) is 41.5 Å². The summed E-state index contributed by atoms with van der Waals surface area (Å²) < 4.78 is 5.97. The zero-order chi connectivity index (χ0) is 28.5. The fourth-order valence-corrected chi connectivity index (χ4v) is 6.55. The zero-order valence-electron chi connectivity index (χ0n) is 22.5. The van der Waals surface area contributed by atoms with E-state index in [1.807, 2.05) is 55.5 Å². The first-order valence-electron chi connectivity index (χ1n) is 13.6. The monoisotopic (exact) mass is 570 g/mol. The average molecular weight is 571 g/mol. The summed E-state index contributed by atoms with van der Waals surface area (Å²) in [4.78, 5) is 46.2. The molecule has 2 aromatic carbocycles. The van der Waals surface area contributed by atoms with Crippen molar-refractivity contribution >= 4 is 56.5 Å². The summed E-state index contributed by atoms with van der Waals surface area (Å²) in [5.74, 6) is 0.833. The van der Waals surface area contributed by atoms with Crippen LogP contribution in [0, 0.1) is 6.92 Å². The minimum Gasteiger partial charge on any atom is -0.457 e. The van der Waals surface area contributed by atoms with Crippen molar-refractivity contribution in [3.05, 3.63) is 71.2 Å². The van der Waals surface area contributed by atoms with E-state index in [1.165, 1.54) is 11.3 Å². The van der Waals surface area contributed by atoms with Crippen LogP contribution < -0.4 is 31.3 Å². The number of urea groups is 1. The van der Waals surface area contributed by atoms with Crippen molar-refractivity contribution in [2.24, 2.45) is 5.73 Å². The Kier molecular flexibility index (Phi) is 7.29. The Balaban J connectivity index is 1.30. The molecule has 5 N–H and O–H groups in total. The van der Waals surface area contributed by atoms with Gasteiger partial charge in [-0.3, -0.25) is 14.5 Å². The first-order valence-corrected chi connectivity index (χ1v) is 14.4. The molecule has 0 unspecified atom stereocenters. The second-order valence-corrected chi connectivity index (χ2v) is 11.2. The van der Waals surface area contributed by atoms with Crippen LogP contribution in [0.3, 0.4) is 0 Å². The van der Waals surface area contributed by atoms with Crippen LogP contribution in [0.5, 0.6) is 11.5 Å². The Labute approximate surface area is 240 Å². The summed E-state index contributed by atoms with van der Waals surface area (Å²) in [6.45, 7) is 1.82. The number of thiophene rings is 1. The summed E-state index contributed by atoms with van der Waals surface area (Å²) in [7, 11) is 0. The molecule has 0 bridgehead atoms. The van der Waals surface area contributed by atoms with Gasteiger partial charge in [-0.05, 0) is 61.7 Å². The van der Waals surface area contributed by atoms with Crippen molar-refractivity contribution in [2.45, 2.75) is 44.7 Å². The Morgan fingerprint density at radius 1 is 1.05 bits per heavy atom. The third kappa shape index (κ3) is 5.21. The molecule has 6 rings (SSSR count). The highest BCUT2D eigenvalue weighted by molar-refractivity contribution is 7.21. The molecule has 1 aliphatic heterocycles. The number of aryl methyl sites for hydroxylation is 1. The van der Waals surface area contributed by atoms with Gasteiger partial charge in [-0.2, -0.15) is 0 Å². The maximum Gasteiger partial charge on any atom is 0.331 e. The molecule has 10 nitrogen and oxygen atoms in total. The first-order chi connectivity index (χ1) is 19.9. The number of pyridine rings is 1. The van der Waals surface area contributed by atoms with E-state index in [1.54, 1.807) is 17.2 Å². The minimum atomic E-state index is -0.372. The van der Waals surface area contributed by atoms with Crippen LogP contribution >= 0.6 is 11.3 Å². The van der Waals surface area contributed by atoms with E-state index in [0.29, 0.717) is 37.9 Å². The van der Waals surface area contributed by atoms with Gasteiger partial charge in [0.25, 0.3) is 5.91 Å². The molecule has 11 heteroatoms. The molecule has 2 aliphatic rings. The van der Waals surface area contributed by atoms with Gasteiger partial charge in [-0.15, -0.1) is 11.3 Å². The average Bonchev–Trinajstić information content (AvgIpc) is 3.35. The molecule has 4 aromatic rings. The third-order valence-electron chi connectivity index (χ3n) is 7.45. The van der Waals surface area contributed by atoms with Gasteiger partial charge in [0, 0.05) is 18.3 Å². The second-order valence-electron chi connectivity index (χ2n) is 10.2. The number of nitrogens with one attached hydrogen (secondary N) is 3. The van der Waals surface area contributed by atoms with E-state index in [2.05, 4.69) is 20.9 Å². The summed E-state index contributed by atoms with van der Waals surface area (Å²) in [5.41, 5.74) is 8.13. The predicted octanol–water partition coefficient (Wildman–Crippen LogP) is 5.20. The number of nitrogens with two attached hydrogens (primary N) is 1. The molecule has 1 fully saturated rings. The lowest BCUT2D eigenvalue weighted by Crippen LogP contribution is -2.54. The van der Waals surface area contributed by atoms with Gasteiger partial charge >= 0.3 is 6.03 Å². The summed E-state index contributed by atoms with van der Waals surface area (Å²) in [6, 6.07) is 16.1. The molecule has 2 aromatic heterocycles. The van der Waals surface area contributed by atoms with Crippen LogP contribution in [-0.2, 0) is 4.79 Å². The number of rotatable bonds is 7. The number of para-hydroxylation sites is 1. The predicted molar refractivity (Wildman–Crippen MR) is 159 cm³/mol. The number of carbonyl (C=O) groups excluding carboxylic acids is 3. The molecule has 0 spiro atoms. The molecule has 41 heavy (non-hydrogen) atoms. The topological polar surface area (TPSA) is 139 Å². The number of nitrogens with zero attached hydrogens (tertiary/aromatic N) is 2. The van der Waals surface area contributed by atoms with Crippen molar-refractivity contribution in [2.75, 3.05) is 16.8 Å². The van der Waals surface area contributed by atoms with Crippen molar-refractivity contribution in [1.82, 2.24) is 15.6 Å². The number of hydrogen-bond acceptors (Lipinski definition) is 7. The molecular weight excluding hydrogens is 540 g/mol. The van der Waals surface area contributed by atoms with Gasteiger partial charge in [0.15, 0.2) is 0 Å². The highest BCUT2D eigenvalue weighted by Crippen LogP contribution is 2.46. The van der Waals surface area contributed by atoms with Crippen LogP contribution in [0.2, 0.25) is 0 Å². The van der Waals surface area contributed by atoms with Crippen molar-refractivity contribution in [1.29, 1.82) is 0 Å². The highest BCUT2D eigenvalue weighted by Gasteiger charge is 2.35. The minimum absolute atomic E-state index is 0.100. The lowest BCUT2D eigenvalue weighted by atomic mass is 9.90. The van der Waals surface area contributed by atoms with Gasteiger partial charge in [0.05, 0.1) is 29.0 Å². The fourth-order valence-electron chi connectivity index (χ4n) is 5.53. The number of hydrogen-bond donors (Lipinski definition) is 4. The van der Waals surface area contributed by atoms with Gasteiger partial charge < -0.3 is 26.4 Å². The van der Waals surface area contributed by atoms with Gasteiger partial charge in [0.1, 0.15) is 21.2 Å². The molecule has 0 saturated heterocycles. The van der Waals surface area contributed by atoms with Crippen molar-refractivity contribution in [3.63, 3.8) is 0 Å². The number of benzene rings is 2. The lowest BCUT2D eigenvalue weighted by Gasteiger charge is -2.33. The zero-order valence-corrected chi connectivity index (χ0v) is 23.3. The van der Waals surface area contributed by atoms with Crippen LogP contribution in [0.4, 0.5) is 21.9 Å². The quantitative estimate of drug-likeness (QED) is 0.241. The van der Waals surface area contributed by atoms with E-state index in [0.717, 1.165) is 37.0 Å². The number of amides is 4.